The number of fused-ring (bicyclic) bond motifs is 1. The summed E-state index contributed by atoms with van der Waals surface area (Å²) in [7, 11) is -4.26. The molecule has 2 atom stereocenters. The molecule has 3 aromatic rings. The monoisotopic (exact) mass is 645 g/mol. The normalized spacial score (nSPS) is 21.8. The predicted octanol–water partition coefficient (Wildman–Crippen LogP) is 5.08. The molecule has 0 aromatic heterocycles. The number of halogens is 4. The van der Waals surface area contributed by atoms with Gasteiger partial charge < -0.3 is 15.0 Å². The first-order valence-corrected chi connectivity index (χ1v) is 16.0. The highest BCUT2D eigenvalue weighted by molar-refractivity contribution is 7.92. The van der Waals surface area contributed by atoms with Crippen LogP contribution in [-0.4, -0.2) is 61.3 Å². The fourth-order valence-electron chi connectivity index (χ4n) is 5.86. The Morgan fingerprint density at radius 2 is 1.75 bits per heavy atom. The highest BCUT2D eigenvalue weighted by Crippen LogP contribution is 2.51. The number of amides is 2. The zero-order valence-electron chi connectivity index (χ0n) is 23.2. The molecule has 0 radical (unpaired) electrons. The molecule has 0 bridgehead atoms. The van der Waals surface area contributed by atoms with E-state index in [4.69, 9.17) is 11.6 Å². The summed E-state index contributed by atoms with van der Waals surface area (Å²) >= 11 is 6.23. The Morgan fingerprint density at radius 1 is 1.05 bits per heavy atom. The molecule has 1 N–H and O–H groups in total. The Bertz CT molecular complexity index is 1820. The third-order valence-corrected chi connectivity index (χ3v) is 11.3. The number of sulfone groups is 1. The number of hydrogen-bond donors (Lipinski definition) is 1. The first-order chi connectivity index (χ1) is 20.8. The molecule has 2 aliphatic carbocycles. The van der Waals surface area contributed by atoms with Crippen molar-refractivity contribution in [3.05, 3.63) is 71.2 Å². The van der Waals surface area contributed by atoms with Gasteiger partial charge in [0.2, 0.25) is 11.8 Å². The van der Waals surface area contributed by atoms with Crippen molar-refractivity contribution in [2.75, 3.05) is 13.2 Å². The van der Waals surface area contributed by atoms with Crippen LogP contribution in [0.15, 0.2) is 65.6 Å². The summed E-state index contributed by atoms with van der Waals surface area (Å²) < 4.78 is 70.1. The third-order valence-electron chi connectivity index (χ3n) is 8.67. The van der Waals surface area contributed by atoms with Crippen molar-refractivity contribution < 1.29 is 35.9 Å². The summed E-state index contributed by atoms with van der Waals surface area (Å²) in [6.07, 6.45) is -2.87. The Hall–Kier alpha value is -3.82. The quantitative estimate of drug-likeness (QED) is 0.365. The molecule has 1 saturated heterocycles. The molecular weight excluding hydrogens is 619 g/mol. The second-order valence-corrected chi connectivity index (χ2v) is 14.3. The maximum absolute atomic E-state index is 14.3. The van der Waals surface area contributed by atoms with E-state index in [2.05, 4.69) is 16.1 Å². The van der Waals surface area contributed by atoms with Gasteiger partial charge in [0, 0.05) is 12.6 Å². The van der Waals surface area contributed by atoms with E-state index < -0.39 is 50.8 Å². The molecule has 8 nitrogen and oxygen atoms in total. The fraction of sp³-hybridized carbons (Fsp3) is 0.387. The van der Waals surface area contributed by atoms with Gasteiger partial charge >= 0.3 is 6.18 Å². The molecule has 2 saturated carbocycles. The molecule has 3 aliphatic rings. The van der Waals surface area contributed by atoms with Crippen LogP contribution in [0.4, 0.5) is 13.2 Å². The largest absolute Gasteiger partial charge is 0.484 e. The highest BCUT2D eigenvalue weighted by Gasteiger charge is 2.58. The second kappa shape index (κ2) is 10.7. The van der Waals surface area contributed by atoms with Crippen molar-refractivity contribution in [3.63, 3.8) is 0 Å². The van der Waals surface area contributed by atoms with Gasteiger partial charge in [0.05, 0.1) is 26.7 Å². The van der Waals surface area contributed by atoms with E-state index in [0.717, 1.165) is 34.5 Å². The SMILES string of the molecule is N#CC1(NC(=O)[C@@H]2C[C@@H](S(=O)(=O)c3ccc(OCC(F)(F)F)cc3Cl)CN2C(=O)C2(c3ccc4ccccc4c3)CC2)CC1. The number of benzene rings is 3. The summed E-state index contributed by atoms with van der Waals surface area (Å²) in [6.45, 7) is -1.87. The van der Waals surface area contributed by atoms with E-state index in [0.29, 0.717) is 25.7 Å². The zero-order chi connectivity index (χ0) is 31.5. The van der Waals surface area contributed by atoms with Crippen molar-refractivity contribution in [3.8, 4) is 11.8 Å². The van der Waals surface area contributed by atoms with Crippen LogP contribution in [0.25, 0.3) is 10.8 Å². The molecule has 230 valence electrons. The van der Waals surface area contributed by atoms with Crippen LogP contribution in [0.2, 0.25) is 5.02 Å². The number of nitrogens with zero attached hydrogens (tertiary/aromatic N) is 2. The lowest BCUT2D eigenvalue weighted by Crippen LogP contribution is -2.51. The molecule has 44 heavy (non-hydrogen) atoms. The lowest BCUT2D eigenvalue weighted by Gasteiger charge is -2.29. The van der Waals surface area contributed by atoms with Gasteiger partial charge in [-0.2, -0.15) is 18.4 Å². The highest BCUT2D eigenvalue weighted by atomic mass is 35.5. The van der Waals surface area contributed by atoms with Crippen LogP contribution in [0.3, 0.4) is 0 Å². The van der Waals surface area contributed by atoms with E-state index >= 15 is 0 Å². The average molecular weight is 646 g/mol. The minimum Gasteiger partial charge on any atom is -0.484 e. The topological polar surface area (TPSA) is 117 Å². The van der Waals surface area contributed by atoms with Gasteiger partial charge in [0.1, 0.15) is 17.3 Å². The van der Waals surface area contributed by atoms with Gasteiger partial charge in [0.15, 0.2) is 16.4 Å². The molecular formula is C31H27ClF3N3O5S. The first-order valence-electron chi connectivity index (χ1n) is 14.0. The molecule has 0 unspecified atom stereocenters. The predicted molar refractivity (Wildman–Crippen MR) is 155 cm³/mol. The van der Waals surface area contributed by atoms with Crippen LogP contribution >= 0.6 is 11.6 Å². The number of hydrogen-bond acceptors (Lipinski definition) is 6. The van der Waals surface area contributed by atoms with Gasteiger partial charge in [-0.3, -0.25) is 9.59 Å². The van der Waals surface area contributed by atoms with Crippen molar-refractivity contribution in [1.29, 1.82) is 5.26 Å². The van der Waals surface area contributed by atoms with E-state index in [1.54, 1.807) is 0 Å². The molecule has 6 rings (SSSR count). The molecule has 3 aromatic carbocycles. The number of ether oxygens (including phenoxy) is 1. The van der Waals surface area contributed by atoms with Gasteiger partial charge in [-0.1, -0.05) is 54.1 Å². The minimum absolute atomic E-state index is 0.238. The maximum Gasteiger partial charge on any atom is 0.422 e. The lowest BCUT2D eigenvalue weighted by molar-refractivity contribution is -0.153. The number of carbonyl (C=O) groups is 2. The Morgan fingerprint density at radius 3 is 2.36 bits per heavy atom. The minimum atomic E-state index is -4.59. The van der Waals surface area contributed by atoms with Crippen LogP contribution < -0.4 is 10.1 Å². The molecule has 2 amide bonds. The molecule has 1 aliphatic heterocycles. The second-order valence-electron chi connectivity index (χ2n) is 11.7. The fourth-order valence-corrected chi connectivity index (χ4v) is 8.10. The summed E-state index contributed by atoms with van der Waals surface area (Å²) in [4.78, 5) is 28.7. The van der Waals surface area contributed by atoms with Gasteiger partial charge in [-0.05, 0) is 60.6 Å². The Labute approximate surface area is 256 Å². The molecule has 3 fully saturated rings. The van der Waals surface area contributed by atoms with E-state index in [1.165, 1.54) is 4.90 Å². The smallest absolute Gasteiger partial charge is 0.422 e. The number of likely N-dealkylation sites (tertiary alicyclic amines) is 1. The standard InChI is InChI=1S/C31H27ClF3N3O5S/c32-24-14-22(43-18-31(33,34)35)7-8-26(24)44(41,42)23-15-25(27(39)37-29(17-36)9-10-29)38(16-23)28(40)30(11-12-30)21-6-5-19-3-1-2-4-20(19)13-21/h1-8,13-14,23,25H,9-12,15-16,18H2,(H,37,39)/t23-,25+/m1/s1. The maximum atomic E-state index is 14.3. The van der Waals surface area contributed by atoms with Gasteiger partial charge in [0.25, 0.3) is 0 Å². The first kappa shape index (κ1) is 30.2. The van der Waals surface area contributed by atoms with Crippen molar-refractivity contribution in [2.45, 2.75) is 65.4 Å². The number of nitriles is 1. The van der Waals surface area contributed by atoms with Crippen LogP contribution in [0, 0.1) is 11.3 Å². The summed E-state index contributed by atoms with van der Waals surface area (Å²) in [5.74, 6) is -1.23. The van der Waals surface area contributed by atoms with Crippen molar-refractivity contribution in [1.82, 2.24) is 10.2 Å². The Balaban J connectivity index is 1.30. The van der Waals surface area contributed by atoms with E-state index in [1.807, 2.05) is 42.5 Å². The number of alkyl halides is 3. The summed E-state index contributed by atoms with van der Waals surface area (Å²) in [5, 5.41) is 12.6. The van der Waals surface area contributed by atoms with E-state index in [-0.39, 0.29) is 34.5 Å². The van der Waals surface area contributed by atoms with Crippen LogP contribution in [0.1, 0.15) is 37.7 Å². The number of carbonyl (C=O) groups excluding carboxylic acids is 2. The molecule has 1 heterocycles. The zero-order valence-corrected chi connectivity index (χ0v) is 24.8. The van der Waals surface area contributed by atoms with E-state index in [9.17, 15) is 36.4 Å². The van der Waals surface area contributed by atoms with Crippen LogP contribution in [0.5, 0.6) is 5.75 Å². The average Bonchev–Trinajstić information content (AvgIpc) is 3.91. The number of rotatable bonds is 8. The van der Waals surface area contributed by atoms with Crippen molar-refractivity contribution in [2.24, 2.45) is 0 Å². The summed E-state index contributed by atoms with van der Waals surface area (Å²) in [5.41, 5.74) is -1.17. The lowest BCUT2D eigenvalue weighted by atomic mass is 9.92. The Kier molecular flexibility index (Phi) is 7.32. The van der Waals surface area contributed by atoms with Crippen molar-refractivity contribution >= 4 is 44.0 Å². The molecule has 0 spiro atoms. The molecule has 13 heteroatoms. The summed E-state index contributed by atoms with van der Waals surface area (Å²) in [6, 6.07) is 17.5. The van der Waals surface area contributed by atoms with Gasteiger partial charge in [-0.15, -0.1) is 0 Å². The van der Waals surface area contributed by atoms with Crippen LogP contribution in [-0.2, 0) is 24.8 Å². The third kappa shape index (κ3) is 5.59. The number of nitrogens with one attached hydrogen (secondary N) is 1. The van der Waals surface area contributed by atoms with Gasteiger partial charge in [-0.25, -0.2) is 8.42 Å².